The van der Waals surface area contributed by atoms with Gasteiger partial charge >= 0.3 is 0 Å². The lowest BCUT2D eigenvalue weighted by atomic mass is 9.33. The molecule has 5 rings (SSSR count). The Bertz CT molecular complexity index is 814. The zero-order valence-electron chi connectivity index (χ0n) is 22.1. The third-order valence-corrected chi connectivity index (χ3v) is 13.2. The monoisotopic (exact) mass is 442 g/mol. The van der Waals surface area contributed by atoms with Crippen molar-refractivity contribution < 1.29 is 10.2 Å². The standard InChI is InChI=1S/C30H50O2/c1-25(2)14-15-26(3)16-17-29(6)20(21(26)18-25)8-9-23-27(4)12-11-24(32)28(5,19-31)22(27)10-13-30(23,29)7/h8,21-24,31-32H,9-19H2,1-7H3/t21-,22+,23+,24+,26+,27-,28-,29+,30+/m0/s1. The van der Waals surface area contributed by atoms with Crippen molar-refractivity contribution in [3.63, 3.8) is 0 Å². The van der Waals surface area contributed by atoms with Crippen molar-refractivity contribution in [2.24, 2.45) is 50.2 Å². The second-order valence-electron chi connectivity index (χ2n) is 15.1. The Kier molecular flexibility index (Phi) is 5.02. The van der Waals surface area contributed by atoms with Crippen molar-refractivity contribution in [3.05, 3.63) is 11.6 Å². The minimum Gasteiger partial charge on any atom is -0.396 e. The molecule has 5 aliphatic carbocycles. The van der Waals surface area contributed by atoms with E-state index in [0.717, 1.165) is 25.2 Å². The first-order chi connectivity index (χ1) is 14.8. The quantitative estimate of drug-likeness (QED) is 0.424. The van der Waals surface area contributed by atoms with Crippen molar-refractivity contribution in [1.29, 1.82) is 0 Å². The zero-order chi connectivity index (χ0) is 23.4. The van der Waals surface area contributed by atoms with Crippen LogP contribution in [0.5, 0.6) is 0 Å². The summed E-state index contributed by atoms with van der Waals surface area (Å²) in [4.78, 5) is 0. The lowest BCUT2D eigenvalue weighted by Crippen LogP contribution is -2.65. The Morgan fingerprint density at radius 1 is 0.844 bits per heavy atom. The molecule has 0 aliphatic heterocycles. The van der Waals surface area contributed by atoms with E-state index in [1.165, 1.54) is 44.9 Å². The maximum Gasteiger partial charge on any atom is 0.0618 e. The van der Waals surface area contributed by atoms with E-state index in [4.69, 9.17) is 0 Å². The van der Waals surface area contributed by atoms with Gasteiger partial charge < -0.3 is 10.2 Å². The molecule has 4 saturated carbocycles. The summed E-state index contributed by atoms with van der Waals surface area (Å²) in [7, 11) is 0. The Balaban J connectivity index is 1.57. The fraction of sp³-hybridized carbons (Fsp3) is 0.933. The summed E-state index contributed by atoms with van der Waals surface area (Å²) in [5.41, 5.74) is 3.28. The molecule has 0 radical (unpaired) electrons. The van der Waals surface area contributed by atoms with Gasteiger partial charge in [-0.25, -0.2) is 0 Å². The van der Waals surface area contributed by atoms with Gasteiger partial charge in [-0.1, -0.05) is 60.1 Å². The van der Waals surface area contributed by atoms with E-state index in [9.17, 15) is 10.2 Å². The van der Waals surface area contributed by atoms with Crippen LogP contribution < -0.4 is 0 Å². The number of rotatable bonds is 1. The summed E-state index contributed by atoms with van der Waals surface area (Å²) in [5, 5.41) is 21.3. The molecular formula is C30H50O2. The first kappa shape index (κ1) is 23.4. The van der Waals surface area contributed by atoms with Crippen LogP contribution in [0.4, 0.5) is 0 Å². The average molecular weight is 443 g/mol. The Morgan fingerprint density at radius 2 is 1.53 bits per heavy atom. The molecule has 0 aromatic heterocycles. The van der Waals surface area contributed by atoms with Crippen LogP contribution in [-0.4, -0.2) is 22.9 Å². The maximum atomic E-state index is 10.9. The number of fused-ring (bicyclic) bond motifs is 7. The van der Waals surface area contributed by atoms with Crippen LogP contribution in [0, 0.1) is 50.2 Å². The summed E-state index contributed by atoms with van der Waals surface area (Å²) >= 11 is 0. The number of allylic oxidation sites excluding steroid dienone is 2. The molecule has 4 fully saturated rings. The third-order valence-electron chi connectivity index (χ3n) is 13.2. The van der Waals surface area contributed by atoms with E-state index in [2.05, 4.69) is 54.5 Å². The number of aliphatic hydroxyl groups is 2. The van der Waals surface area contributed by atoms with Crippen molar-refractivity contribution >= 4 is 0 Å². The molecule has 5 aliphatic rings. The van der Waals surface area contributed by atoms with Gasteiger partial charge in [0.25, 0.3) is 0 Å². The van der Waals surface area contributed by atoms with Crippen LogP contribution in [0.1, 0.15) is 113 Å². The lowest BCUT2D eigenvalue weighted by Gasteiger charge is -2.71. The van der Waals surface area contributed by atoms with Crippen LogP contribution in [0.3, 0.4) is 0 Å². The van der Waals surface area contributed by atoms with Crippen molar-refractivity contribution in [1.82, 2.24) is 0 Å². The molecule has 0 heterocycles. The fourth-order valence-electron chi connectivity index (χ4n) is 10.5. The minimum absolute atomic E-state index is 0.117. The highest BCUT2D eigenvalue weighted by molar-refractivity contribution is 5.33. The lowest BCUT2D eigenvalue weighted by molar-refractivity contribution is -0.215. The SMILES string of the molecule is CC1(C)CC[C@]2(C)CC[C@]3(C)C(=CC[C@@H]4[C@@]5(C)CC[C@@H](O)[C@@](C)(CO)[C@@H]5CC[C@]43C)[C@@H]2C1. The largest absolute Gasteiger partial charge is 0.396 e. The molecule has 0 amide bonds. The predicted molar refractivity (Wildman–Crippen MR) is 132 cm³/mol. The molecule has 0 aromatic carbocycles. The van der Waals surface area contributed by atoms with Gasteiger partial charge in [-0.05, 0) is 109 Å². The maximum absolute atomic E-state index is 10.9. The normalized spacial score (nSPS) is 56.8. The van der Waals surface area contributed by atoms with Crippen molar-refractivity contribution in [3.8, 4) is 0 Å². The van der Waals surface area contributed by atoms with E-state index in [1.54, 1.807) is 0 Å². The van der Waals surface area contributed by atoms with Crippen LogP contribution >= 0.6 is 0 Å². The topological polar surface area (TPSA) is 40.5 Å². The summed E-state index contributed by atoms with van der Waals surface area (Å²) < 4.78 is 0. The number of hydrogen-bond donors (Lipinski definition) is 2. The van der Waals surface area contributed by atoms with Gasteiger partial charge in [0.2, 0.25) is 0 Å². The Morgan fingerprint density at radius 3 is 2.22 bits per heavy atom. The van der Waals surface area contributed by atoms with Crippen LogP contribution in [0.2, 0.25) is 0 Å². The fourth-order valence-corrected chi connectivity index (χ4v) is 10.5. The average Bonchev–Trinajstić information content (AvgIpc) is 2.73. The smallest absolute Gasteiger partial charge is 0.0618 e. The molecule has 0 saturated heterocycles. The molecule has 0 bridgehead atoms. The van der Waals surface area contributed by atoms with E-state index in [1.807, 2.05) is 5.57 Å². The van der Waals surface area contributed by atoms with Crippen LogP contribution in [0.25, 0.3) is 0 Å². The molecule has 9 atom stereocenters. The second kappa shape index (κ2) is 6.87. The van der Waals surface area contributed by atoms with Gasteiger partial charge in [0.1, 0.15) is 0 Å². The first-order valence-electron chi connectivity index (χ1n) is 13.8. The molecule has 182 valence electrons. The number of hydrogen-bond acceptors (Lipinski definition) is 2. The van der Waals surface area contributed by atoms with Gasteiger partial charge in [-0.15, -0.1) is 0 Å². The molecule has 32 heavy (non-hydrogen) atoms. The third kappa shape index (κ3) is 2.78. The summed E-state index contributed by atoms with van der Waals surface area (Å²) in [6.45, 7) is 17.7. The highest BCUT2D eigenvalue weighted by atomic mass is 16.3. The highest BCUT2D eigenvalue weighted by Gasteiger charge is 2.68. The molecule has 0 aromatic rings. The zero-order valence-corrected chi connectivity index (χ0v) is 22.1. The van der Waals surface area contributed by atoms with E-state index in [0.29, 0.717) is 33.5 Å². The minimum atomic E-state index is -0.361. The first-order valence-corrected chi connectivity index (χ1v) is 13.8. The van der Waals surface area contributed by atoms with Crippen LogP contribution in [-0.2, 0) is 0 Å². The highest BCUT2D eigenvalue weighted by Crippen LogP contribution is 2.75. The molecule has 0 unspecified atom stereocenters. The van der Waals surface area contributed by atoms with Gasteiger partial charge in [-0.3, -0.25) is 0 Å². The molecule has 2 nitrogen and oxygen atoms in total. The second-order valence-corrected chi connectivity index (χ2v) is 15.1. The van der Waals surface area contributed by atoms with Gasteiger partial charge in [0, 0.05) is 5.41 Å². The Hall–Kier alpha value is -0.340. The molecule has 2 N–H and O–H groups in total. The Labute approximate surface area is 197 Å². The van der Waals surface area contributed by atoms with Gasteiger partial charge in [0.15, 0.2) is 0 Å². The van der Waals surface area contributed by atoms with Gasteiger partial charge in [0.05, 0.1) is 12.7 Å². The van der Waals surface area contributed by atoms with Gasteiger partial charge in [-0.2, -0.15) is 0 Å². The van der Waals surface area contributed by atoms with E-state index < -0.39 is 0 Å². The molecule has 0 spiro atoms. The van der Waals surface area contributed by atoms with E-state index in [-0.39, 0.29) is 23.5 Å². The summed E-state index contributed by atoms with van der Waals surface area (Å²) in [5.74, 6) is 1.83. The van der Waals surface area contributed by atoms with Crippen molar-refractivity contribution in [2.75, 3.05) is 6.61 Å². The van der Waals surface area contributed by atoms with Crippen molar-refractivity contribution in [2.45, 2.75) is 119 Å². The van der Waals surface area contributed by atoms with Crippen LogP contribution in [0.15, 0.2) is 11.6 Å². The molecular weight excluding hydrogens is 392 g/mol. The molecule has 2 heteroatoms. The summed E-state index contributed by atoms with van der Waals surface area (Å²) in [6, 6.07) is 0. The van der Waals surface area contributed by atoms with E-state index >= 15 is 0 Å². The predicted octanol–water partition coefficient (Wildman–Crippen LogP) is 7.14. The number of aliphatic hydroxyl groups excluding tert-OH is 2. The summed E-state index contributed by atoms with van der Waals surface area (Å²) in [6.07, 6.45) is 14.8.